The van der Waals surface area contributed by atoms with Gasteiger partial charge >= 0.3 is 0 Å². The Balaban J connectivity index is 2.16. The van der Waals surface area contributed by atoms with Crippen LogP contribution in [0.3, 0.4) is 0 Å². The van der Waals surface area contributed by atoms with Crippen molar-refractivity contribution in [3.8, 4) is 0 Å². The maximum Gasteiger partial charge on any atom is 0.187 e. The summed E-state index contributed by atoms with van der Waals surface area (Å²) >= 11 is 0. The monoisotopic (exact) mass is 200 g/mol. The molecule has 0 aromatic carbocycles. The van der Waals surface area contributed by atoms with Crippen molar-refractivity contribution in [3.05, 3.63) is 12.7 Å². The molecule has 14 heavy (non-hydrogen) atoms. The topological polar surface area (TPSA) is 36.9 Å². The number of hydrogen-bond acceptors (Lipinski definition) is 4. The van der Waals surface area contributed by atoms with Gasteiger partial charge in [0.1, 0.15) is 18.3 Å². The van der Waals surface area contributed by atoms with Crippen molar-refractivity contribution in [2.24, 2.45) is 0 Å². The Bertz CT molecular complexity index is 238. The Morgan fingerprint density at radius 3 is 2.50 bits per heavy atom. The molecule has 2 rings (SSSR count). The van der Waals surface area contributed by atoms with Crippen LogP contribution in [0.25, 0.3) is 0 Å². The fourth-order valence-electron chi connectivity index (χ4n) is 1.97. The summed E-state index contributed by atoms with van der Waals surface area (Å²) in [5, 5.41) is 0. The molecule has 0 spiro atoms. The zero-order valence-corrected chi connectivity index (χ0v) is 8.73. The van der Waals surface area contributed by atoms with Gasteiger partial charge in [0, 0.05) is 7.11 Å². The van der Waals surface area contributed by atoms with Gasteiger partial charge in [-0.2, -0.15) is 0 Å². The smallest absolute Gasteiger partial charge is 0.187 e. The minimum absolute atomic E-state index is 0.104. The predicted octanol–water partition coefficient (Wildman–Crippen LogP) is 1.06. The van der Waals surface area contributed by atoms with Gasteiger partial charge in [0.15, 0.2) is 12.1 Å². The van der Waals surface area contributed by atoms with Crippen molar-refractivity contribution in [2.45, 2.75) is 44.2 Å². The molecule has 0 unspecified atom stereocenters. The first-order valence-corrected chi connectivity index (χ1v) is 4.74. The molecule has 0 aromatic rings. The molecular formula is C10H16O4. The molecule has 0 bridgehead atoms. The van der Waals surface area contributed by atoms with Crippen LogP contribution in [0.2, 0.25) is 0 Å². The highest BCUT2D eigenvalue weighted by molar-refractivity contribution is 5.01. The number of hydrogen-bond donors (Lipinski definition) is 0. The van der Waals surface area contributed by atoms with E-state index in [0.29, 0.717) is 0 Å². The second kappa shape index (κ2) is 3.31. The van der Waals surface area contributed by atoms with Gasteiger partial charge in [-0.05, 0) is 13.8 Å². The van der Waals surface area contributed by atoms with Gasteiger partial charge in [-0.3, -0.25) is 0 Å². The first-order chi connectivity index (χ1) is 6.57. The molecule has 0 aliphatic carbocycles. The lowest BCUT2D eigenvalue weighted by molar-refractivity contribution is -0.221. The zero-order chi connectivity index (χ0) is 10.3. The molecule has 4 nitrogen and oxygen atoms in total. The average molecular weight is 200 g/mol. The van der Waals surface area contributed by atoms with Crippen LogP contribution in [0.4, 0.5) is 0 Å². The lowest BCUT2D eigenvalue weighted by Gasteiger charge is -2.22. The Labute approximate surface area is 83.8 Å². The van der Waals surface area contributed by atoms with E-state index < -0.39 is 5.79 Å². The first-order valence-electron chi connectivity index (χ1n) is 4.74. The molecule has 4 heteroatoms. The largest absolute Gasteiger partial charge is 0.353 e. The molecule has 2 heterocycles. The van der Waals surface area contributed by atoms with Gasteiger partial charge in [0.2, 0.25) is 0 Å². The highest BCUT2D eigenvalue weighted by Crippen LogP contribution is 2.38. The van der Waals surface area contributed by atoms with Gasteiger partial charge < -0.3 is 18.9 Å². The van der Waals surface area contributed by atoms with E-state index in [2.05, 4.69) is 6.58 Å². The summed E-state index contributed by atoms with van der Waals surface area (Å²) in [5.41, 5.74) is 0. The fraction of sp³-hybridized carbons (Fsp3) is 0.800. The molecule has 0 amide bonds. The average Bonchev–Trinajstić information content (AvgIpc) is 2.57. The number of fused-ring (bicyclic) bond motifs is 1. The number of methoxy groups -OCH3 is 1. The van der Waals surface area contributed by atoms with E-state index in [-0.39, 0.29) is 24.6 Å². The van der Waals surface area contributed by atoms with Crippen LogP contribution in [-0.2, 0) is 18.9 Å². The van der Waals surface area contributed by atoms with E-state index in [1.165, 1.54) is 0 Å². The molecule has 0 N–H and O–H groups in total. The highest BCUT2D eigenvalue weighted by Gasteiger charge is 2.54. The summed E-state index contributed by atoms with van der Waals surface area (Å²) in [6.07, 6.45) is 0.962. The Morgan fingerprint density at radius 2 is 1.93 bits per heavy atom. The number of ether oxygens (including phenoxy) is 4. The third-order valence-corrected chi connectivity index (χ3v) is 2.51. The minimum Gasteiger partial charge on any atom is -0.353 e. The molecular weight excluding hydrogens is 184 g/mol. The third kappa shape index (κ3) is 1.48. The molecule has 2 aliphatic rings. The maximum absolute atomic E-state index is 5.71. The van der Waals surface area contributed by atoms with Crippen molar-refractivity contribution in [2.75, 3.05) is 7.11 Å². The lowest BCUT2D eigenvalue weighted by Crippen LogP contribution is -2.30. The third-order valence-electron chi connectivity index (χ3n) is 2.51. The van der Waals surface area contributed by atoms with Crippen LogP contribution < -0.4 is 0 Å². The summed E-state index contributed by atoms with van der Waals surface area (Å²) in [5.74, 6) is -0.558. The Kier molecular flexibility index (Phi) is 2.39. The molecule has 2 aliphatic heterocycles. The van der Waals surface area contributed by atoms with Crippen LogP contribution in [0.5, 0.6) is 0 Å². The van der Waals surface area contributed by atoms with E-state index in [1.807, 2.05) is 13.8 Å². The van der Waals surface area contributed by atoms with Gasteiger partial charge in [-0.15, -0.1) is 6.58 Å². The van der Waals surface area contributed by atoms with E-state index >= 15 is 0 Å². The maximum atomic E-state index is 5.71. The SMILES string of the molecule is C=C[C@H]1O[C@H](OC)[C@H]2OC(C)(C)O[C@H]21. The Hall–Kier alpha value is -0.420. The molecule has 2 saturated heterocycles. The van der Waals surface area contributed by atoms with Crippen molar-refractivity contribution < 1.29 is 18.9 Å². The van der Waals surface area contributed by atoms with Crippen LogP contribution in [-0.4, -0.2) is 37.5 Å². The minimum atomic E-state index is -0.558. The second-order valence-electron chi connectivity index (χ2n) is 4.01. The van der Waals surface area contributed by atoms with Crippen LogP contribution in [0.1, 0.15) is 13.8 Å². The van der Waals surface area contributed by atoms with E-state index in [4.69, 9.17) is 18.9 Å². The highest BCUT2D eigenvalue weighted by atomic mass is 16.8. The zero-order valence-electron chi connectivity index (χ0n) is 8.73. The Morgan fingerprint density at radius 1 is 1.29 bits per heavy atom. The molecule has 0 aromatic heterocycles. The van der Waals surface area contributed by atoms with Crippen LogP contribution in [0, 0.1) is 0 Å². The van der Waals surface area contributed by atoms with Crippen molar-refractivity contribution in [3.63, 3.8) is 0 Å². The van der Waals surface area contributed by atoms with Crippen molar-refractivity contribution in [1.82, 2.24) is 0 Å². The standard InChI is InChI=1S/C10H16O4/c1-5-6-7-8(9(11-4)12-6)14-10(2,3)13-7/h5-9H,1H2,2-4H3/t6-,7+,8+,9+/m1/s1. The normalized spacial score (nSPS) is 45.1. The summed E-state index contributed by atoms with van der Waals surface area (Å²) in [6, 6.07) is 0. The van der Waals surface area contributed by atoms with Gasteiger partial charge in [-0.1, -0.05) is 6.08 Å². The molecule has 4 atom stereocenters. The molecule has 80 valence electrons. The van der Waals surface area contributed by atoms with E-state index in [1.54, 1.807) is 13.2 Å². The summed E-state index contributed by atoms with van der Waals surface area (Å²) in [7, 11) is 1.60. The fourth-order valence-corrected chi connectivity index (χ4v) is 1.97. The molecule has 0 radical (unpaired) electrons. The van der Waals surface area contributed by atoms with Gasteiger partial charge in [-0.25, -0.2) is 0 Å². The predicted molar refractivity (Wildman–Crippen MR) is 49.7 cm³/mol. The summed E-state index contributed by atoms with van der Waals surface area (Å²) in [6.45, 7) is 7.48. The summed E-state index contributed by atoms with van der Waals surface area (Å²) < 4.78 is 22.1. The first kappa shape index (κ1) is 10.1. The quantitative estimate of drug-likeness (QED) is 0.625. The summed E-state index contributed by atoms with van der Waals surface area (Å²) in [4.78, 5) is 0. The molecule has 0 saturated carbocycles. The van der Waals surface area contributed by atoms with E-state index in [0.717, 1.165) is 0 Å². The van der Waals surface area contributed by atoms with Crippen molar-refractivity contribution in [1.29, 1.82) is 0 Å². The van der Waals surface area contributed by atoms with Gasteiger partial charge in [0.25, 0.3) is 0 Å². The lowest BCUT2D eigenvalue weighted by atomic mass is 10.1. The van der Waals surface area contributed by atoms with Crippen LogP contribution in [0.15, 0.2) is 12.7 Å². The second-order valence-corrected chi connectivity index (χ2v) is 4.01. The van der Waals surface area contributed by atoms with Crippen LogP contribution >= 0.6 is 0 Å². The molecule has 2 fully saturated rings. The van der Waals surface area contributed by atoms with Gasteiger partial charge in [0.05, 0.1) is 0 Å². The van der Waals surface area contributed by atoms with Crippen molar-refractivity contribution >= 4 is 0 Å². The van der Waals surface area contributed by atoms with E-state index in [9.17, 15) is 0 Å². The number of rotatable bonds is 2.